The monoisotopic (exact) mass is 321 g/mol. The summed E-state index contributed by atoms with van der Waals surface area (Å²) in [5.41, 5.74) is -5.24. The van der Waals surface area contributed by atoms with Gasteiger partial charge in [0.25, 0.3) is 9.84 Å². The second-order valence-corrected chi connectivity index (χ2v) is 7.19. The number of anilines is 1. The molecule has 2 rings (SSSR count). The predicted octanol–water partition coefficient (Wildman–Crippen LogP) is 4.11. The molecule has 0 radical (unpaired) electrons. The molecule has 0 atom stereocenters. The number of para-hydroxylation sites is 1. The number of sulfone groups is 1. The predicted molar refractivity (Wildman–Crippen MR) is 74.8 cm³/mol. The molecule has 0 bridgehead atoms. The standard InChI is InChI=1S/C14H18F3NO2S/c15-14(16,17)21(19,20)13-10-6-5-9-12(13)18-11-7-3-1-2-4-8-11/h5-6,9-11,18H,1-4,7-8H2. The Morgan fingerprint density at radius 1 is 1.00 bits per heavy atom. The zero-order valence-electron chi connectivity index (χ0n) is 11.5. The van der Waals surface area contributed by atoms with Gasteiger partial charge in [0.1, 0.15) is 0 Å². The van der Waals surface area contributed by atoms with Crippen LogP contribution in [0.4, 0.5) is 18.9 Å². The molecule has 1 aliphatic carbocycles. The van der Waals surface area contributed by atoms with Crippen molar-refractivity contribution < 1.29 is 21.6 Å². The highest BCUT2D eigenvalue weighted by Crippen LogP contribution is 2.35. The van der Waals surface area contributed by atoms with E-state index in [9.17, 15) is 21.6 Å². The molecule has 0 saturated heterocycles. The number of benzene rings is 1. The Hall–Kier alpha value is -1.24. The Balaban J connectivity index is 2.29. The third-order valence-corrected chi connectivity index (χ3v) is 5.24. The zero-order valence-corrected chi connectivity index (χ0v) is 12.3. The highest BCUT2D eigenvalue weighted by atomic mass is 32.2. The summed E-state index contributed by atoms with van der Waals surface area (Å²) in [5, 5.41) is 2.99. The number of nitrogens with one attached hydrogen (secondary N) is 1. The van der Waals surface area contributed by atoms with Gasteiger partial charge in [0, 0.05) is 6.04 Å². The first-order valence-electron chi connectivity index (χ1n) is 6.99. The number of hydrogen-bond acceptors (Lipinski definition) is 3. The fourth-order valence-electron chi connectivity index (χ4n) is 2.59. The minimum atomic E-state index is -5.33. The van der Waals surface area contributed by atoms with Gasteiger partial charge >= 0.3 is 5.51 Å². The molecule has 1 fully saturated rings. The first kappa shape index (κ1) is 16.1. The Morgan fingerprint density at radius 3 is 2.14 bits per heavy atom. The van der Waals surface area contributed by atoms with Gasteiger partial charge in [-0.2, -0.15) is 13.2 Å². The van der Waals surface area contributed by atoms with Crippen molar-refractivity contribution in [2.75, 3.05) is 5.32 Å². The van der Waals surface area contributed by atoms with E-state index in [0.29, 0.717) is 0 Å². The van der Waals surface area contributed by atoms with Gasteiger partial charge in [0.15, 0.2) is 0 Å². The lowest BCUT2D eigenvalue weighted by Crippen LogP contribution is -2.26. The molecule has 1 aromatic rings. The summed E-state index contributed by atoms with van der Waals surface area (Å²) in [5.74, 6) is 0. The average Bonchev–Trinajstić information content (AvgIpc) is 2.66. The van der Waals surface area contributed by atoms with Crippen molar-refractivity contribution in [3.05, 3.63) is 24.3 Å². The number of alkyl halides is 3. The Kier molecular flexibility index (Phi) is 4.81. The normalized spacial score (nSPS) is 18.2. The van der Waals surface area contributed by atoms with Crippen LogP contribution < -0.4 is 5.32 Å². The van der Waals surface area contributed by atoms with Crippen LogP contribution in [0.3, 0.4) is 0 Å². The van der Waals surface area contributed by atoms with Crippen molar-refractivity contribution >= 4 is 15.5 Å². The zero-order chi connectivity index (χ0) is 15.5. The van der Waals surface area contributed by atoms with Gasteiger partial charge in [0.05, 0.1) is 10.6 Å². The second kappa shape index (κ2) is 6.25. The van der Waals surface area contributed by atoms with E-state index in [4.69, 9.17) is 0 Å². The van der Waals surface area contributed by atoms with Crippen LogP contribution in [0, 0.1) is 0 Å². The van der Waals surface area contributed by atoms with Crippen LogP contribution in [0.25, 0.3) is 0 Å². The van der Waals surface area contributed by atoms with Gasteiger partial charge < -0.3 is 5.32 Å². The quantitative estimate of drug-likeness (QED) is 0.852. The molecule has 0 unspecified atom stereocenters. The minimum absolute atomic E-state index is 0.0251. The molecule has 0 spiro atoms. The maximum Gasteiger partial charge on any atom is 0.501 e. The van der Waals surface area contributed by atoms with Crippen molar-refractivity contribution in [2.45, 2.75) is 55.0 Å². The number of rotatable bonds is 3. The van der Waals surface area contributed by atoms with Gasteiger partial charge in [-0.1, -0.05) is 37.8 Å². The van der Waals surface area contributed by atoms with Crippen LogP contribution in [-0.4, -0.2) is 20.0 Å². The van der Waals surface area contributed by atoms with E-state index in [1.54, 1.807) is 0 Å². The van der Waals surface area contributed by atoms with Gasteiger partial charge in [0.2, 0.25) is 0 Å². The smallest absolute Gasteiger partial charge is 0.381 e. The summed E-state index contributed by atoms with van der Waals surface area (Å²) >= 11 is 0. The fraction of sp³-hybridized carbons (Fsp3) is 0.571. The minimum Gasteiger partial charge on any atom is -0.381 e. The summed E-state index contributed by atoms with van der Waals surface area (Å²) in [7, 11) is -5.33. The van der Waals surface area contributed by atoms with Crippen LogP contribution in [0.15, 0.2) is 29.2 Å². The van der Waals surface area contributed by atoms with E-state index >= 15 is 0 Å². The van der Waals surface area contributed by atoms with Gasteiger partial charge in [-0.3, -0.25) is 0 Å². The lowest BCUT2D eigenvalue weighted by Gasteiger charge is -2.20. The molecular formula is C14H18F3NO2S. The first-order valence-corrected chi connectivity index (χ1v) is 8.47. The van der Waals surface area contributed by atoms with Crippen LogP contribution in [-0.2, 0) is 9.84 Å². The highest BCUT2D eigenvalue weighted by molar-refractivity contribution is 7.92. The van der Waals surface area contributed by atoms with Gasteiger partial charge in [-0.15, -0.1) is 0 Å². The van der Waals surface area contributed by atoms with Crippen LogP contribution in [0.5, 0.6) is 0 Å². The molecule has 118 valence electrons. The van der Waals surface area contributed by atoms with E-state index in [0.717, 1.165) is 44.6 Å². The van der Waals surface area contributed by atoms with E-state index in [1.807, 2.05) is 0 Å². The topological polar surface area (TPSA) is 46.2 Å². The van der Waals surface area contributed by atoms with Crippen LogP contribution >= 0.6 is 0 Å². The van der Waals surface area contributed by atoms with E-state index in [-0.39, 0.29) is 11.7 Å². The van der Waals surface area contributed by atoms with Gasteiger partial charge in [-0.05, 0) is 25.0 Å². The molecule has 0 aliphatic heterocycles. The van der Waals surface area contributed by atoms with E-state index < -0.39 is 20.2 Å². The maximum atomic E-state index is 12.7. The Labute approximate surface area is 122 Å². The Bertz CT molecular complexity index is 576. The molecule has 0 aromatic heterocycles. The molecular weight excluding hydrogens is 303 g/mol. The molecule has 1 saturated carbocycles. The average molecular weight is 321 g/mol. The Morgan fingerprint density at radius 2 is 1.57 bits per heavy atom. The van der Waals surface area contributed by atoms with Crippen molar-refractivity contribution in [1.82, 2.24) is 0 Å². The molecule has 7 heteroatoms. The summed E-state index contributed by atoms with van der Waals surface area (Å²) in [6.45, 7) is 0. The van der Waals surface area contributed by atoms with Crippen molar-refractivity contribution in [3.63, 3.8) is 0 Å². The van der Waals surface area contributed by atoms with Crippen LogP contribution in [0.1, 0.15) is 38.5 Å². The summed E-state index contributed by atoms with van der Waals surface area (Å²) in [6, 6.07) is 5.26. The van der Waals surface area contributed by atoms with Crippen molar-refractivity contribution in [1.29, 1.82) is 0 Å². The summed E-state index contributed by atoms with van der Waals surface area (Å²) in [6.07, 6.45) is 5.93. The van der Waals surface area contributed by atoms with Gasteiger partial charge in [-0.25, -0.2) is 8.42 Å². The molecule has 0 amide bonds. The second-order valence-electron chi connectivity index (χ2n) is 5.28. The number of hydrogen-bond donors (Lipinski definition) is 1. The third kappa shape index (κ3) is 3.70. The SMILES string of the molecule is O=S(=O)(c1ccccc1NC1CCCCCC1)C(F)(F)F. The first-order chi connectivity index (χ1) is 9.82. The largest absolute Gasteiger partial charge is 0.501 e. The highest BCUT2D eigenvalue weighted by Gasteiger charge is 2.48. The fourth-order valence-corrected chi connectivity index (χ4v) is 3.51. The molecule has 1 aliphatic rings. The summed E-state index contributed by atoms with van der Waals surface area (Å²) < 4.78 is 61.4. The lowest BCUT2D eigenvalue weighted by atomic mass is 10.1. The van der Waals surface area contributed by atoms with Crippen molar-refractivity contribution in [2.24, 2.45) is 0 Å². The van der Waals surface area contributed by atoms with Crippen molar-refractivity contribution in [3.8, 4) is 0 Å². The molecule has 1 aromatic carbocycles. The summed E-state index contributed by atoms with van der Waals surface area (Å²) in [4.78, 5) is -0.693. The van der Waals surface area contributed by atoms with E-state index in [2.05, 4.69) is 5.32 Å². The lowest BCUT2D eigenvalue weighted by molar-refractivity contribution is -0.0435. The molecule has 0 heterocycles. The molecule has 3 nitrogen and oxygen atoms in total. The van der Waals surface area contributed by atoms with Crippen LogP contribution in [0.2, 0.25) is 0 Å². The maximum absolute atomic E-state index is 12.7. The third-order valence-electron chi connectivity index (χ3n) is 3.70. The number of halogens is 3. The molecule has 1 N–H and O–H groups in total. The van der Waals surface area contributed by atoms with E-state index in [1.165, 1.54) is 18.2 Å². The molecule has 21 heavy (non-hydrogen) atoms.